The van der Waals surface area contributed by atoms with Crippen molar-refractivity contribution >= 4 is 17.3 Å². The lowest BCUT2D eigenvalue weighted by Crippen LogP contribution is -2.13. The zero-order valence-corrected chi connectivity index (χ0v) is 14.1. The van der Waals surface area contributed by atoms with Crippen LogP contribution in [0.15, 0.2) is 42.6 Å². The molecule has 0 unspecified atom stereocenters. The number of benzene rings is 1. The number of anilines is 2. The minimum absolute atomic E-state index is 0.192. The third-order valence-corrected chi connectivity index (χ3v) is 3.69. The number of rotatable bonds is 7. The Morgan fingerprint density at radius 1 is 1.09 bits per heavy atom. The molecule has 0 aliphatic rings. The molecule has 1 amide bonds. The highest BCUT2D eigenvalue weighted by Gasteiger charge is 2.08. The van der Waals surface area contributed by atoms with Gasteiger partial charge in [-0.05, 0) is 42.2 Å². The largest absolute Gasteiger partial charge is 0.384 e. The maximum absolute atomic E-state index is 12.2. The van der Waals surface area contributed by atoms with Crippen molar-refractivity contribution in [1.29, 1.82) is 0 Å². The molecule has 4 heteroatoms. The lowest BCUT2D eigenvalue weighted by Gasteiger charge is -2.09. The van der Waals surface area contributed by atoms with Gasteiger partial charge >= 0.3 is 0 Å². The van der Waals surface area contributed by atoms with Crippen LogP contribution >= 0.6 is 0 Å². The summed E-state index contributed by atoms with van der Waals surface area (Å²) in [4.78, 5) is 16.4. The van der Waals surface area contributed by atoms with E-state index in [2.05, 4.69) is 36.4 Å². The first kappa shape index (κ1) is 17.0. The van der Waals surface area contributed by atoms with Crippen LogP contribution < -0.4 is 10.6 Å². The summed E-state index contributed by atoms with van der Waals surface area (Å²) in [6.07, 6.45) is 3.97. The van der Waals surface area contributed by atoms with Crippen molar-refractivity contribution in [3.63, 3.8) is 0 Å². The summed E-state index contributed by atoms with van der Waals surface area (Å²) in [6.45, 7) is 7.37. The molecular weight excluding hydrogens is 286 g/mol. The molecule has 2 N–H and O–H groups in total. The van der Waals surface area contributed by atoms with Gasteiger partial charge in [-0.2, -0.15) is 0 Å². The summed E-state index contributed by atoms with van der Waals surface area (Å²) < 4.78 is 0. The first-order chi connectivity index (χ1) is 11.1. The van der Waals surface area contributed by atoms with Gasteiger partial charge in [-0.3, -0.25) is 4.79 Å². The average Bonchev–Trinajstić information content (AvgIpc) is 2.56. The van der Waals surface area contributed by atoms with Gasteiger partial charge in [0.2, 0.25) is 0 Å². The standard InChI is InChI=1S/C19H25N3O/c1-4-5-12-20-17-10-11-18(21-13-17)19(23)22-16-8-6-15(7-9-16)14(2)3/h6-11,13-14,20H,4-5,12H2,1-3H3,(H,22,23). The van der Waals surface area contributed by atoms with E-state index >= 15 is 0 Å². The number of nitrogens with zero attached hydrogens (tertiary/aromatic N) is 1. The summed E-state index contributed by atoms with van der Waals surface area (Å²) in [5, 5.41) is 6.16. The van der Waals surface area contributed by atoms with Crippen LogP contribution in [0.4, 0.5) is 11.4 Å². The molecule has 1 aromatic heterocycles. The molecule has 0 spiro atoms. The average molecular weight is 311 g/mol. The van der Waals surface area contributed by atoms with Crippen LogP contribution in [0.3, 0.4) is 0 Å². The minimum Gasteiger partial charge on any atom is -0.384 e. The number of nitrogens with one attached hydrogen (secondary N) is 2. The molecule has 0 radical (unpaired) electrons. The predicted octanol–water partition coefficient (Wildman–Crippen LogP) is 4.67. The predicted molar refractivity (Wildman–Crippen MR) is 96.1 cm³/mol. The van der Waals surface area contributed by atoms with Crippen molar-refractivity contribution in [3.8, 4) is 0 Å². The Morgan fingerprint density at radius 2 is 1.78 bits per heavy atom. The summed E-state index contributed by atoms with van der Waals surface area (Å²) in [5.74, 6) is 0.288. The second-order valence-corrected chi connectivity index (χ2v) is 5.94. The topological polar surface area (TPSA) is 54.0 Å². The minimum atomic E-state index is -0.192. The Kier molecular flexibility index (Phi) is 6.15. The maximum atomic E-state index is 12.2. The molecule has 1 heterocycles. The van der Waals surface area contributed by atoms with Gasteiger partial charge in [0, 0.05) is 12.2 Å². The van der Waals surface area contributed by atoms with Crippen LogP contribution in [0, 0.1) is 0 Å². The quantitative estimate of drug-likeness (QED) is 0.731. The van der Waals surface area contributed by atoms with Crippen molar-refractivity contribution in [1.82, 2.24) is 4.98 Å². The number of aromatic nitrogens is 1. The van der Waals surface area contributed by atoms with Crippen LogP contribution in [-0.2, 0) is 0 Å². The van der Waals surface area contributed by atoms with Crippen LogP contribution in [-0.4, -0.2) is 17.4 Å². The van der Waals surface area contributed by atoms with Gasteiger partial charge in [-0.15, -0.1) is 0 Å². The highest BCUT2D eigenvalue weighted by molar-refractivity contribution is 6.02. The number of pyridine rings is 1. The number of carbonyl (C=O) groups is 1. The van der Waals surface area contributed by atoms with Gasteiger partial charge in [0.25, 0.3) is 5.91 Å². The van der Waals surface area contributed by atoms with Crippen LogP contribution in [0.5, 0.6) is 0 Å². The van der Waals surface area contributed by atoms with E-state index in [9.17, 15) is 4.79 Å². The normalized spacial score (nSPS) is 10.6. The number of hydrogen-bond donors (Lipinski definition) is 2. The van der Waals surface area contributed by atoms with Gasteiger partial charge in [-0.1, -0.05) is 39.3 Å². The Balaban J connectivity index is 1.94. The number of carbonyl (C=O) groups excluding carboxylic acids is 1. The van der Waals surface area contributed by atoms with Gasteiger partial charge in [0.1, 0.15) is 5.69 Å². The van der Waals surface area contributed by atoms with E-state index in [1.165, 1.54) is 5.56 Å². The molecule has 2 rings (SSSR count). The van der Waals surface area contributed by atoms with Crippen molar-refractivity contribution in [2.45, 2.75) is 39.5 Å². The van der Waals surface area contributed by atoms with E-state index in [0.717, 1.165) is 30.8 Å². The molecule has 0 fully saturated rings. The first-order valence-corrected chi connectivity index (χ1v) is 8.21. The van der Waals surface area contributed by atoms with Crippen molar-refractivity contribution in [3.05, 3.63) is 53.9 Å². The van der Waals surface area contributed by atoms with E-state index in [1.54, 1.807) is 12.3 Å². The van der Waals surface area contributed by atoms with E-state index in [1.807, 2.05) is 30.3 Å². The van der Waals surface area contributed by atoms with Crippen LogP contribution in [0.25, 0.3) is 0 Å². The molecule has 0 saturated heterocycles. The van der Waals surface area contributed by atoms with Gasteiger partial charge in [0.05, 0.1) is 11.9 Å². The van der Waals surface area contributed by atoms with E-state index in [4.69, 9.17) is 0 Å². The molecule has 0 saturated carbocycles. The van der Waals surface area contributed by atoms with Crippen molar-refractivity contribution < 1.29 is 4.79 Å². The van der Waals surface area contributed by atoms with Gasteiger partial charge < -0.3 is 10.6 Å². The Morgan fingerprint density at radius 3 is 2.35 bits per heavy atom. The molecule has 122 valence electrons. The lowest BCUT2D eigenvalue weighted by molar-refractivity contribution is 0.102. The maximum Gasteiger partial charge on any atom is 0.274 e. The monoisotopic (exact) mass is 311 g/mol. The molecule has 0 aliphatic heterocycles. The number of unbranched alkanes of at least 4 members (excludes halogenated alkanes) is 1. The second kappa shape index (κ2) is 8.32. The molecule has 4 nitrogen and oxygen atoms in total. The summed E-state index contributed by atoms with van der Waals surface area (Å²) >= 11 is 0. The Hall–Kier alpha value is -2.36. The van der Waals surface area contributed by atoms with Crippen molar-refractivity contribution in [2.75, 3.05) is 17.2 Å². The molecule has 0 aliphatic carbocycles. The second-order valence-electron chi connectivity index (χ2n) is 5.94. The van der Waals surface area contributed by atoms with Gasteiger partial charge in [0.15, 0.2) is 0 Å². The lowest BCUT2D eigenvalue weighted by atomic mass is 10.0. The molecule has 2 aromatic rings. The van der Waals surface area contributed by atoms with Crippen molar-refractivity contribution in [2.24, 2.45) is 0 Å². The zero-order valence-electron chi connectivity index (χ0n) is 14.1. The summed E-state index contributed by atoms with van der Waals surface area (Å²) in [7, 11) is 0. The Bertz CT molecular complexity index is 618. The number of hydrogen-bond acceptors (Lipinski definition) is 3. The molecule has 0 atom stereocenters. The zero-order chi connectivity index (χ0) is 16.7. The fourth-order valence-electron chi connectivity index (χ4n) is 2.19. The molecular formula is C19H25N3O. The van der Waals surface area contributed by atoms with E-state index in [-0.39, 0.29) is 5.91 Å². The highest BCUT2D eigenvalue weighted by Crippen LogP contribution is 2.17. The number of amides is 1. The van der Waals surface area contributed by atoms with Crippen LogP contribution in [0.1, 0.15) is 55.6 Å². The smallest absolute Gasteiger partial charge is 0.274 e. The SMILES string of the molecule is CCCCNc1ccc(C(=O)Nc2ccc(C(C)C)cc2)nc1. The molecule has 1 aromatic carbocycles. The first-order valence-electron chi connectivity index (χ1n) is 8.21. The molecule has 23 heavy (non-hydrogen) atoms. The summed E-state index contributed by atoms with van der Waals surface area (Å²) in [6, 6.07) is 11.6. The van der Waals surface area contributed by atoms with E-state index < -0.39 is 0 Å². The van der Waals surface area contributed by atoms with Gasteiger partial charge in [-0.25, -0.2) is 4.98 Å². The van der Waals surface area contributed by atoms with Crippen LogP contribution in [0.2, 0.25) is 0 Å². The molecule has 0 bridgehead atoms. The fourth-order valence-corrected chi connectivity index (χ4v) is 2.19. The van der Waals surface area contributed by atoms with E-state index in [0.29, 0.717) is 11.6 Å². The summed E-state index contributed by atoms with van der Waals surface area (Å²) in [5.41, 5.74) is 3.39. The third kappa shape index (κ3) is 5.09. The third-order valence-electron chi connectivity index (χ3n) is 3.69. The Labute approximate surface area is 138 Å². The fraction of sp³-hybridized carbons (Fsp3) is 0.368. The highest BCUT2D eigenvalue weighted by atomic mass is 16.1.